The molecule has 3 nitrogen and oxygen atoms in total. The molecule has 0 bridgehead atoms. The summed E-state index contributed by atoms with van der Waals surface area (Å²) in [6.45, 7) is 1.82. The SMILES string of the molecule is C[C@H]1C(=O)OCC1O. The average molecular weight is 116 g/mol. The molecular formula is C5H8O3. The Balaban J connectivity index is 2.56. The first-order chi connectivity index (χ1) is 3.72. The van der Waals surface area contributed by atoms with Gasteiger partial charge in [-0.3, -0.25) is 4.79 Å². The minimum atomic E-state index is -0.581. The number of esters is 1. The largest absolute Gasteiger partial charge is 0.463 e. The van der Waals surface area contributed by atoms with Gasteiger partial charge < -0.3 is 9.84 Å². The first-order valence-electron chi connectivity index (χ1n) is 2.56. The monoisotopic (exact) mass is 116 g/mol. The van der Waals surface area contributed by atoms with Crippen LogP contribution in [0, 0.1) is 5.92 Å². The summed E-state index contributed by atoms with van der Waals surface area (Å²) in [5, 5.41) is 8.82. The van der Waals surface area contributed by atoms with Gasteiger partial charge in [-0.05, 0) is 6.92 Å². The summed E-state index contributed by atoms with van der Waals surface area (Å²) in [6, 6.07) is 0. The first-order valence-corrected chi connectivity index (χ1v) is 2.56. The topological polar surface area (TPSA) is 46.5 Å². The van der Waals surface area contributed by atoms with E-state index in [2.05, 4.69) is 4.74 Å². The van der Waals surface area contributed by atoms with Crippen LogP contribution >= 0.6 is 0 Å². The molecule has 2 atom stereocenters. The van der Waals surface area contributed by atoms with Crippen molar-refractivity contribution in [2.45, 2.75) is 13.0 Å². The Morgan fingerprint density at radius 3 is 2.62 bits per heavy atom. The number of hydrogen-bond donors (Lipinski definition) is 1. The van der Waals surface area contributed by atoms with Gasteiger partial charge in [0.15, 0.2) is 0 Å². The van der Waals surface area contributed by atoms with Gasteiger partial charge in [0, 0.05) is 0 Å². The third-order valence-electron chi connectivity index (χ3n) is 1.35. The molecule has 8 heavy (non-hydrogen) atoms. The molecule has 1 saturated heterocycles. The van der Waals surface area contributed by atoms with Crippen molar-refractivity contribution in [3.63, 3.8) is 0 Å². The van der Waals surface area contributed by atoms with Crippen LogP contribution in [0.15, 0.2) is 0 Å². The Kier molecular flexibility index (Phi) is 1.21. The van der Waals surface area contributed by atoms with Gasteiger partial charge in [0.1, 0.15) is 12.7 Å². The zero-order valence-corrected chi connectivity index (χ0v) is 4.63. The molecule has 0 saturated carbocycles. The molecule has 0 aromatic heterocycles. The van der Waals surface area contributed by atoms with Gasteiger partial charge >= 0.3 is 5.97 Å². The van der Waals surface area contributed by atoms with E-state index in [4.69, 9.17) is 5.11 Å². The van der Waals surface area contributed by atoms with Crippen LogP contribution in [0.2, 0.25) is 0 Å². The van der Waals surface area contributed by atoms with E-state index in [1.165, 1.54) is 0 Å². The van der Waals surface area contributed by atoms with E-state index >= 15 is 0 Å². The lowest BCUT2D eigenvalue weighted by Gasteiger charge is -1.97. The van der Waals surface area contributed by atoms with Crippen LogP contribution in [-0.2, 0) is 9.53 Å². The lowest BCUT2D eigenvalue weighted by Crippen LogP contribution is -2.16. The highest BCUT2D eigenvalue weighted by Gasteiger charge is 2.30. The zero-order valence-electron chi connectivity index (χ0n) is 4.63. The number of aliphatic hydroxyl groups excluding tert-OH is 1. The summed E-state index contributed by atoms with van der Waals surface area (Å²) in [7, 11) is 0. The number of rotatable bonds is 0. The number of cyclic esters (lactones) is 1. The van der Waals surface area contributed by atoms with Gasteiger partial charge in [0.05, 0.1) is 5.92 Å². The maximum Gasteiger partial charge on any atom is 0.311 e. The van der Waals surface area contributed by atoms with Crippen LogP contribution in [-0.4, -0.2) is 23.8 Å². The molecule has 0 aromatic carbocycles. The van der Waals surface area contributed by atoms with Crippen molar-refractivity contribution in [3.05, 3.63) is 0 Å². The molecule has 1 unspecified atom stereocenters. The number of hydrogen-bond acceptors (Lipinski definition) is 3. The number of aliphatic hydroxyl groups is 1. The van der Waals surface area contributed by atoms with Crippen molar-refractivity contribution in [3.8, 4) is 0 Å². The van der Waals surface area contributed by atoms with Gasteiger partial charge in [-0.2, -0.15) is 0 Å². The highest BCUT2D eigenvalue weighted by Crippen LogP contribution is 2.12. The van der Waals surface area contributed by atoms with Crippen LogP contribution in [0.1, 0.15) is 6.92 Å². The van der Waals surface area contributed by atoms with Gasteiger partial charge in [-0.25, -0.2) is 0 Å². The van der Waals surface area contributed by atoms with Crippen LogP contribution in [0.5, 0.6) is 0 Å². The second-order valence-corrected chi connectivity index (χ2v) is 1.99. The Morgan fingerprint density at radius 2 is 2.50 bits per heavy atom. The molecule has 1 aliphatic heterocycles. The predicted molar refractivity (Wildman–Crippen MR) is 26.1 cm³/mol. The van der Waals surface area contributed by atoms with Crippen LogP contribution in [0.25, 0.3) is 0 Å². The van der Waals surface area contributed by atoms with Crippen molar-refractivity contribution < 1.29 is 14.6 Å². The van der Waals surface area contributed by atoms with Gasteiger partial charge in [0.25, 0.3) is 0 Å². The highest BCUT2D eigenvalue weighted by atomic mass is 16.6. The molecule has 1 fully saturated rings. The summed E-state index contributed by atoms with van der Waals surface area (Å²) in [4.78, 5) is 10.4. The number of carbonyl (C=O) groups excluding carboxylic acids is 1. The molecule has 0 amide bonds. The summed E-state index contributed by atoms with van der Waals surface area (Å²) < 4.78 is 4.49. The Hall–Kier alpha value is -0.570. The van der Waals surface area contributed by atoms with E-state index in [0.29, 0.717) is 0 Å². The summed E-state index contributed by atoms with van der Waals surface area (Å²) in [5.74, 6) is -0.618. The molecule has 0 spiro atoms. The van der Waals surface area contributed by atoms with Crippen molar-refractivity contribution in [2.75, 3.05) is 6.61 Å². The summed E-state index contributed by atoms with van der Waals surface area (Å²) in [5.41, 5.74) is 0. The zero-order chi connectivity index (χ0) is 6.15. The molecule has 1 aliphatic rings. The smallest absolute Gasteiger partial charge is 0.311 e. The van der Waals surface area contributed by atoms with E-state index in [1.54, 1.807) is 6.92 Å². The fraction of sp³-hybridized carbons (Fsp3) is 0.800. The number of ether oxygens (including phenoxy) is 1. The van der Waals surface area contributed by atoms with Crippen molar-refractivity contribution in [1.29, 1.82) is 0 Å². The molecule has 1 rings (SSSR count). The molecule has 1 N–H and O–H groups in total. The molecule has 0 aromatic rings. The van der Waals surface area contributed by atoms with E-state index in [9.17, 15) is 4.79 Å². The van der Waals surface area contributed by atoms with Gasteiger partial charge in [-0.15, -0.1) is 0 Å². The molecular weight excluding hydrogens is 108 g/mol. The molecule has 46 valence electrons. The number of carbonyl (C=O) groups is 1. The fourth-order valence-electron chi connectivity index (χ4n) is 0.600. The second kappa shape index (κ2) is 1.74. The van der Waals surface area contributed by atoms with Crippen LogP contribution in [0.3, 0.4) is 0 Å². The van der Waals surface area contributed by atoms with E-state index < -0.39 is 6.10 Å². The van der Waals surface area contributed by atoms with Crippen molar-refractivity contribution >= 4 is 5.97 Å². The second-order valence-electron chi connectivity index (χ2n) is 1.99. The predicted octanol–water partition coefficient (Wildman–Crippen LogP) is -0.460. The molecule has 0 radical (unpaired) electrons. The molecule has 3 heteroatoms. The molecule has 0 aliphatic carbocycles. The standard InChI is InChI=1S/C5H8O3/c1-3-4(6)2-8-5(3)7/h3-4,6H,2H2,1H3/t3-,4?/m1/s1. The maximum atomic E-state index is 10.4. The lowest BCUT2D eigenvalue weighted by molar-refractivity contribution is -0.140. The third-order valence-corrected chi connectivity index (χ3v) is 1.35. The molecule has 1 heterocycles. The average Bonchev–Trinajstić information content (AvgIpc) is 1.98. The fourth-order valence-corrected chi connectivity index (χ4v) is 0.600. The van der Waals surface area contributed by atoms with Gasteiger partial charge in [0.2, 0.25) is 0 Å². The van der Waals surface area contributed by atoms with Crippen molar-refractivity contribution in [1.82, 2.24) is 0 Å². The minimum absolute atomic E-state index is 0.167. The minimum Gasteiger partial charge on any atom is -0.463 e. The van der Waals surface area contributed by atoms with Gasteiger partial charge in [-0.1, -0.05) is 0 Å². The van der Waals surface area contributed by atoms with Crippen LogP contribution in [0.4, 0.5) is 0 Å². The van der Waals surface area contributed by atoms with E-state index in [0.717, 1.165) is 0 Å². The Morgan fingerprint density at radius 1 is 1.88 bits per heavy atom. The normalized spacial score (nSPS) is 37.5. The quantitative estimate of drug-likeness (QED) is 0.435. The van der Waals surface area contributed by atoms with E-state index in [1.807, 2.05) is 0 Å². The summed E-state index contributed by atoms with van der Waals surface area (Å²) >= 11 is 0. The maximum absolute atomic E-state index is 10.4. The highest BCUT2D eigenvalue weighted by molar-refractivity contribution is 5.74. The van der Waals surface area contributed by atoms with Crippen molar-refractivity contribution in [2.24, 2.45) is 5.92 Å². The third kappa shape index (κ3) is 0.690. The summed E-state index contributed by atoms with van der Waals surface area (Å²) in [6.07, 6.45) is -0.581. The first kappa shape index (κ1) is 5.56. The Labute approximate surface area is 47.3 Å². The Bertz CT molecular complexity index is 110. The lowest BCUT2D eigenvalue weighted by atomic mass is 10.1. The van der Waals surface area contributed by atoms with Crippen LogP contribution < -0.4 is 0 Å². The van der Waals surface area contributed by atoms with E-state index in [-0.39, 0.29) is 18.5 Å².